The van der Waals surface area contributed by atoms with Gasteiger partial charge in [-0.1, -0.05) is 6.42 Å². The Morgan fingerprint density at radius 3 is 2.76 bits per heavy atom. The zero-order chi connectivity index (χ0) is 11.8. The lowest BCUT2D eigenvalue weighted by molar-refractivity contribution is -0.138. The van der Waals surface area contributed by atoms with E-state index in [0.717, 1.165) is 31.7 Å². The summed E-state index contributed by atoms with van der Waals surface area (Å²) in [5, 5.41) is 8.97. The van der Waals surface area contributed by atoms with E-state index in [2.05, 4.69) is 6.07 Å². The molecule has 1 heterocycles. The first-order chi connectivity index (χ1) is 8.28. The van der Waals surface area contributed by atoms with E-state index >= 15 is 0 Å². The molecule has 4 atom stereocenters. The average molecular weight is 232 g/mol. The van der Waals surface area contributed by atoms with E-state index in [1.165, 1.54) is 19.3 Å². The van der Waals surface area contributed by atoms with Crippen LogP contribution in [0.25, 0.3) is 0 Å². The molecule has 0 N–H and O–H groups in total. The van der Waals surface area contributed by atoms with Gasteiger partial charge in [-0.2, -0.15) is 5.26 Å². The molecular weight excluding hydrogens is 212 g/mol. The lowest BCUT2D eigenvalue weighted by Crippen LogP contribution is -2.43. The first-order valence-corrected chi connectivity index (χ1v) is 6.96. The Kier molecular flexibility index (Phi) is 2.82. The number of carbonyl (C=O) groups is 1. The number of carbonyl (C=O) groups excluding carboxylic acids is 1. The molecule has 1 saturated heterocycles. The van der Waals surface area contributed by atoms with Crippen molar-refractivity contribution in [1.29, 1.82) is 5.26 Å². The Bertz CT molecular complexity index is 360. The fraction of sp³-hybridized carbons (Fsp3) is 0.857. The highest BCUT2D eigenvalue weighted by Crippen LogP contribution is 2.49. The second kappa shape index (κ2) is 4.33. The zero-order valence-electron chi connectivity index (χ0n) is 10.3. The molecule has 3 aliphatic rings. The molecule has 3 heteroatoms. The van der Waals surface area contributed by atoms with Crippen LogP contribution in [0.2, 0.25) is 0 Å². The Morgan fingerprint density at radius 2 is 2.12 bits per heavy atom. The standard InChI is InChI=1S/C14H20N2O/c15-8-11-2-1-5-16(9-11)14(17)13-7-10-3-4-12(13)6-10/h10-13H,1-7,9H2. The third kappa shape index (κ3) is 1.94. The van der Waals surface area contributed by atoms with Crippen molar-refractivity contribution < 1.29 is 4.79 Å². The first-order valence-electron chi connectivity index (χ1n) is 6.96. The molecule has 2 aliphatic carbocycles. The maximum Gasteiger partial charge on any atom is 0.226 e. The summed E-state index contributed by atoms with van der Waals surface area (Å²) in [6.07, 6.45) is 6.98. The summed E-state index contributed by atoms with van der Waals surface area (Å²) in [6, 6.07) is 2.32. The van der Waals surface area contributed by atoms with Gasteiger partial charge in [0.15, 0.2) is 0 Å². The Balaban J connectivity index is 1.64. The number of hydrogen-bond donors (Lipinski definition) is 0. The van der Waals surface area contributed by atoms with Crippen LogP contribution < -0.4 is 0 Å². The molecule has 3 rings (SSSR count). The predicted octanol–water partition coefficient (Wildman–Crippen LogP) is 2.18. The molecule has 0 aromatic carbocycles. The monoisotopic (exact) mass is 232 g/mol. The number of rotatable bonds is 1. The topological polar surface area (TPSA) is 44.1 Å². The fourth-order valence-electron chi connectivity index (χ4n) is 4.06. The summed E-state index contributed by atoms with van der Waals surface area (Å²) < 4.78 is 0. The lowest BCUT2D eigenvalue weighted by atomic mass is 9.87. The Hall–Kier alpha value is -1.04. The third-order valence-electron chi connectivity index (χ3n) is 4.97. The molecule has 3 fully saturated rings. The van der Waals surface area contributed by atoms with Gasteiger partial charge in [0, 0.05) is 19.0 Å². The normalized spacial score (nSPS) is 40.3. The van der Waals surface area contributed by atoms with E-state index in [0.29, 0.717) is 24.3 Å². The minimum atomic E-state index is 0.0753. The van der Waals surface area contributed by atoms with Gasteiger partial charge < -0.3 is 4.90 Å². The predicted molar refractivity (Wildman–Crippen MR) is 63.9 cm³/mol. The van der Waals surface area contributed by atoms with Crippen LogP contribution in [0, 0.1) is 35.0 Å². The van der Waals surface area contributed by atoms with E-state index in [1.807, 2.05) is 4.90 Å². The van der Waals surface area contributed by atoms with Crippen LogP contribution in [0.1, 0.15) is 38.5 Å². The molecule has 2 bridgehead atoms. The zero-order valence-corrected chi connectivity index (χ0v) is 10.3. The first kappa shape index (κ1) is 11.1. The van der Waals surface area contributed by atoms with Gasteiger partial charge in [0.05, 0.1) is 12.0 Å². The summed E-state index contributed by atoms with van der Waals surface area (Å²) in [4.78, 5) is 14.4. The van der Waals surface area contributed by atoms with Gasteiger partial charge in [-0.25, -0.2) is 0 Å². The largest absolute Gasteiger partial charge is 0.341 e. The van der Waals surface area contributed by atoms with Gasteiger partial charge in [0.1, 0.15) is 0 Å². The molecule has 0 radical (unpaired) electrons. The van der Waals surface area contributed by atoms with Crippen molar-refractivity contribution in [3.8, 4) is 6.07 Å². The van der Waals surface area contributed by atoms with Gasteiger partial charge in [-0.3, -0.25) is 4.79 Å². The number of amides is 1. The van der Waals surface area contributed by atoms with Crippen molar-refractivity contribution in [2.45, 2.75) is 38.5 Å². The number of hydrogen-bond acceptors (Lipinski definition) is 2. The van der Waals surface area contributed by atoms with Gasteiger partial charge >= 0.3 is 0 Å². The van der Waals surface area contributed by atoms with E-state index in [9.17, 15) is 4.79 Å². The van der Waals surface area contributed by atoms with Crippen molar-refractivity contribution in [3.05, 3.63) is 0 Å². The second-order valence-electron chi connectivity index (χ2n) is 6.03. The molecule has 2 saturated carbocycles. The molecule has 0 spiro atoms. The SMILES string of the molecule is N#CC1CCCN(C(=O)C2CC3CCC2C3)C1. The van der Waals surface area contributed by atoms with Crippen molar-refractivity contribution in [2.75, 3.05) is 13.1 Å². The quantitative estimate of drug-likeness (QED) is 0.695. The summed E-state index contributed by atoms with van der Waals surface area (Å²) in [6.45, 7) is 1.56. The van der Waals surface area contributed by atoms with Crippen molar-refractivity contribution in [1.82, 2.24) is 4.90 Å². The molecule has 3 nitrogen and oxygen atoms in total. The number of likely N-dealkylation sites (tertiary alicyclic amines) is 1. The lowest BCUT2D eigenvalue weighted by Gasteiger charge is -2.33. The minimum Gasteiger partial charge on any atom is -0.341 e. The average Bonchev–Trinajstić information content (AvgIpc) is 3.00. The number of nitriles is 1. The van der Waals surface area contributed by atoms with Crippen LogP contribution in [0.3, 0.4) is 0 Å². The second-order valence-corrected chi connectivity index (χ2v) is 6.03. The highest BCUT2D eigenvalue weighted by Gasteiger charge is 2.44. The number of fused-ring (bicyclic) bond motifs is 2. The van der Waals surface area contributed by atoms with Crippen LogP contribution in [0.4, 0.5) is 0 Å². The molecule has 0 aromatic rings. The highest BCUT2D eigenvalue weighted by atomic mass is 16.2. The summed E-state index contributed by atoms with van der Waals surface area (Å²) in [7, 11) is 0. The molecule has 1 amide bonds. The number of nitrogens with zero attached hydrogens (tertiary/aromatic N) is 2. The molecular formula is C14H20N2O. The minimum absolute atomic E-state index is 0.0753. The van der Waals surface area contributed by atoms with E-state index in [-0.39, 0.29) is 5.92 Å². The van der Waals surface area contributed by atoms with E-state index in [1.54, 1.807) is 0 Å². The van der Waals surface area contributed by atoms with Crippen LogP contribution in [-0.4, -0.2) is 23.9 Å². The van der Waals surface area contributed by atoms with Gasteiger partial charge in [-0.15, -0.1) is 0 Å². The maximum absolute atomic E-state index is 12.5. The van der Waals surface area contributed by atoms with E-state index < -0.39 is 0 Å². The smallest absolute Gasteiger partial charge is 0.226 e. The molecule has 0 aromatic heterocycles. The number of piperidine rings is 1. The van der Waals surface area contributed by atoms with Crippen molar-refractivity contribution >= 4 is 5.91 Å². The summed E-state index contributed by atoms with van der Waals surface area (Å²) >= 11 is 0. The van der Waals surface area contributed by atoms with Crippen molar-refractivity contribution in [2.24, 2.45) is 23.7 Å². The van der Waals surface area contributed by atoms with Crippen LogP contribution in [0.5, 0.6) is 0 Å². The Labute approximate surface area is 103 Å². The van der Waals surface area contributed by atoms with Gasteiger partial charge in [0.25, 0.3) is 0 Å². The van der Waals surface area contributed by atoms with Crippen molar-refractivity contribution in [3.63, 3.8) is 0 Å². The Morgan fingerprint density at radius 1 is 1.24 bits per heavy atom. The van der Waals surface area contributed by atoms with Crippen LogP contribution >= 0.6 is 0 Å². The summed E-state index contributed by atoms with van der Waals surface area (Å²) in [5.74, 6) is 2.22. The van der Waals surface area contributed by atoms with Gasteiger partial charge in [0.2, 0.25) is 5.91 Å². The van der Waals surface area contributed by atoms with Gasteiger partial charge in [-0.05, 0) is 43.9 Å². The summed E-state index contributed by atoms with van der Waals surface area (Å²) in [5.41, 5.74) is 0. The van der Waals surface area contributed by atoms with Crippen LogP contribution in [0.15, 0.2) is 0 Å². The molecule has 17 heavy (non-hydrogen) atoms. The molecule has 92 valence electrons. The maximum atomic E-state index is 12.5. The molecule has 4 unspecified atom stereocenters. The van der Waals surface area contributed by atoms with Crippen LogP contribution in [-0.2, 0) is 4.79 Å². The fourth-order valence-corrected chi connectivity index (χ4v) is 4.06. The van der Waals surface area contributed by atoms with E-state index in [4.69, 9.17) is 5.26 Å². The highest BCUT2D eigenvalue weighted by molar-refractivity contribution is 5.79. The third-order valence-corrected chi connectivity index (χ3v) is 4.97. The molecule has 1 aliphatic heterocycles.